The molecule has 0 bridgehead atoms. The Labute approximate surface area is 524 Å². The van der Waals surface area contributed by atoms with E-state index in [0.29, 0.717) is 34.8 Å². The van der Waals surface area contributed by atoms with Gasteiger partial charge in [-0.15, -0.1) is 0 Å². The second-order valence-electron chi connectivity index (χ2n) is 24.5. The van der Waals surface area contributed by atoms with Crippen LogP contribution in [0.25, 0.3) is 44.6 Å². The monoisotopic (exact) mass is 1200 g/mol. The minimum Gasteiger partial charge on any atom is -0.383 e. The van der Waals surface area contributed by atoms with Gasteiger partial charge in [0.05, 0.1) is 40.5 Å². The molecule has 2 unspecified atom stereocenters. The summed E-state index contributed by atoms with van der Waals surface area (Å²) >= 11 is 0. The Morgan fingerprint density at radius 3 is 1.24 bits per heavy atom. The van der Waals surface area contributed by atoms with Crippen LogP contribution < -0.4 is 22.1 Å². The summed E-state index contributed by atoms with van der Waals surface area (Å²) in [5, 5.41) is 18.3. The number of carbonyl (C=O) groups is 2. The number of nitrogen functional groups attached to an aromatic ring is 2. The van der Waals surface area contributed by atoms with Crippen molar-refractivity contribution < 1.29 is 9.59 Å². The van der Waals surface area contributed by atoms with E-state index in [1.54, 1.807) is 49.1 Å². The van der Waals surface area contributed by atoms with Crippen molar-refractivity contribution in [1.29, 1.82) is 0 Å². The highest BCUT2D eigenvalue weighted by Gasteiger charge is 2.33. The van der Waals surface area contributed by atoms with Crippen LogP contribution >= 0.6 is 0 Å². The van der Waals surface area contributed by atoms with E-state index in [9.17, 15) is 9.59 Å². The molecule has 6 aromatic heterocycles. The van der Waals surface area contributed by atoms with E-state index in [1.807, 2.05) is 109 Å². The number of hydrogen-bond donors (Lipinski definition) is 4. The number of fused-ring (bicyclic) bond motifs is 2. The summed E-state index contributed by atoms with van der Waals surface area (Å²) in [4.78, 5) is 62.6. The van der Waals surface area contributed by atoms with Gasteiger partial charge in [0, 0.05) is 106 Å². The van der Waals surface area contributed by atoms with Gasteiger partial charge in [-0.3, -0.25) is 29.4 Å². The van der Waals surface area contributed by atoms with Gasteiger partial charge < -0.3 is 31.9 Å². The number of benzene rings is 4. The molecule has 460 valence electrons. The van der Waals surface area contributed by atoms with Crippen molar-refractivity contribution in [3.05, 3.63) is 204 Å². The third-order valence-electron chi connectivity index (χ3n) is 18.9. The van der Waals surface area contributed by atoms with Crippen molar-refractivity contribution in [2.45, 2.75) is 87.6 Å². The van der Waals surface area contributed by atoms with E-state index in [0.717, 1.165) is 171 Å². The van der Waals surface area contributed by atoms with Gasteiger partial charge in [0.2, 0.25) is 0 Å². The standard InChI is InChI=1S/2C35H39N9O/c1-42-18-20-43(21-19-42)28-13-15-29(16-14-28)44-34-30(33(36)38-23-39-34)32(41-44)26-11-9-25(10-12-26)31(24-6-3-2-4-7-24)40-35(45)27-8-5-17-37-22-27;1-42-19-21-43(22-20-42)28-11-13-29(14-12-28)44-34-30(33(36)38-23-39-34)32(41-44)26-9-7-25(8-10-26)31(24-5-3-2-4-6-24)40-35(45)27-15-17-37-18-16-27/h2-12,17,22-23,28-29,31H,13-16,18-21H2,1H3,(H,40,45)(H2,36,38,39);2-10,15-18,23,28-29,31H,11-14,19-22H2,1H3,(H,40,45)(H2,36,38,39). The van der Waals surface area contributed by atoms with E-state index >= 15 is 0 Å². The molecule has 2 aliphatic carbocycles. The number of piperazine rings is 2. The van der Waals surface area contributed by atoms with Gasteiger partial charge in [-0.2, -0.15) is 10.2 Å². The van der Waals surface area contributed by atoms with Gasteiger partial charge in [0.15, 0.2) is 11.3 Å². The number of carbonyl (C=O) groups excluding carboxylic acids is 2. The zero-order valence-corrected chi connectivity index (χ0v) is 51.2. The zero-order chi connectivity index (χ0) is 61.5. The van der Waals surface area contributed by atoms with Crippen LogP contribution in [0.5, 0.6) is 0 Å². The lowest BCUT2D eigenvalue weighted by Gasteiger charge is -2.41. The fourth-order valence-electron chi connectivity index (χ4n) is 13.7. The molecule has 20 heteroatoms. The molecule has 2 amide bonds. The average Bonchev–Trinajstić information content (AvgIpc) is 1.66. The molecule has 2 saturated heterocycles. The SMILES string of the molecule is CN1CCN(C2CCC(n3nc(-c4ccc(C(NC(=O)c5cccnc5)c5ccccc5)cc4)c4c(N)ncnc43)CC2)CC1.CN1CCN(C2CCC(n3nc(-c4ccc(C(NC(=O)c5ccncc5)c5ccccc5)cc4)c4c(N)ncnc43)CC2)CC1. The molecule has 4 aliphatic rings. The third kappa shape index (κ3) is 13.1. The summed E-state index contributed by atoms with van der Waals surface area (Å²) in [5.74, 6) is 0.524. The number of aromatic nitrogens is 10. The van der Waals surface area contributed by atoms with Crippen molar-refractivity contribution >= 4 is 45.5 Å². The van der Waals surface area contributed by atoms with Crippen molar-refractivity contribution in [2.75, 3.05) is 77.9 Å². The lowest BCUT2D eigenvalue weighted by atomic mass is 9.90. The number of hydrogen-bond acceptors (Lipinski definition) is 16. The number of amides is 2. The van der Waals surface area contributed by atoms with Crippen LogP contribution in [-0.4, -0.2) is 159 Å². The Morgan fingerprint density at radius 1 is 0.433 bits per heavy atom. The molecular weight excluding hydrogens is 1120 g/mol. The highest BCUT2D eigenvalue weighted by atomic mass is 16.2. The number of rotatable bonds is 14. The second-order valence-corrected chi connectivity index (χ2v) is 24.5. The number of nitrogens with two attached hydrogens (primary N) is 2. The van der Waals surface area contributed by atoms with Crippen molar-refractivity contribution in [3.63, 3.8) is 0 Å². The molecule has 6 N–H and O–H groups in total. The predicted molar refractivity (Wildman–Crippen MR) is 351 cm³/mol. The van der Waals surface area contributed by atoms with Gasteiger partial charge in [-0.1, -0.05) is 109 Å². The summed E-state index contributed by atoms with van der Waals surface area (Å²) in [6.07, 6.45) is 18.4. The van der Waals surface area contributed by atoms with Crippen molar-refractivity contribution in [1.82, 2.24) is 79.7 Å². The normalized spacial score (nSPS) is 20.2. The smallest absolute Gasteiger partial charge is 0.253 e. The first-order valence-corrected chi connectivity index (χ1v) is 31.6. The zero-order valence-electron chi connectivity index (χ0n) is 51.2. The van der Waals surface area contributed by atoms with Crippen LogP contribution in [0.1, 0.15) is 119 Å². The number of pyridine rings is 2. The third-order valence-corrected chi connectivity index (χ3v) is 18.9. The molecule has 4 aromatic carbocycles. The van der Waals surface area contributed by atoms with Crippen molar-refractivity contribution in [3.8, 4) is 22.5 Å². The van der Waals surface area contributed by atoms with E-state index in [-0.39, 0.29) is 36.0 Å². The van der Waals surface area contributed by atoms with Crippen molar-refractivity contribution in [2.24, 2.45) is 0 Å². The minimum absolute atomic E-state index is 0.160. The molecule has 2 atom stereocenters. The quantitative estimate of drug-likeness (QED) is 0.0793. The maximum absolute atomic E-state index is 13.2. The molecule has 2 aliphatic heterocycles. The molecular formula is C70H78N18O2. The minimum atomic E-state index is -0.342. The molecule has 10 aromatic rings. The van der Waals surface area contributed by atoms with Gasteiger partial charge in [0.25, 0.3) is 11.8 Å². The molecule has 20 nitrogen and oxygen atoms in total. The predicted octanol–water partition coefficient (Wildman–Crippen LogP) is 9.44. The van der Waals surface area contributed by atoms with Crippen LogP contribution in [0.4, 0.5) is 11.6 Å². The topological polar surface area (TPSA) is 236 Å². The van der Waals surface area contributed by atoms with Gasteiger partial charge in [-0.25, -0.2) is 29.3 Å². The van der Waals surface area contributed by atoms with Crippen LogP contribution in [0.2, 0.25) is 0 Å². The Kier molecular flexibility index (Phi) is 18.0. The Bertz CT molecular complexity index is 3750. The Hall–Kier alpha value is -9.34. The second kappa shape index (κ2) is 27.2. The summed E-state index contributed by atoms with van der Waals surface area (Å²) in [6, 6.07) is 44.4. The molecule has 0 spiro atoms. The highest BCUT2D eigenvalue weighted by Crippen LogP contribution is 2.40. The van der Waals surface area contributed by atoms with Gasteiger partial charge >= 0.3 is 0 Å². The highest BCUT2D eigenvalue weighted by molar-refractivity contribution is 6.00. The Morgan fingerprint density at radius 2 is 0.833 bits per heavy atom. The maximum atomic E-state index is 13.2. The first-order chi connectivity index (χ1) is 44.1. The summed E-state index contributed by atoms with van der Waals surface area (Å²) < 4.78 is 4.19. The summed E-state index contributed by atoms with van der Waals surface area (Å²) in [5.41, 5.74) is 22.9. The molecule has 90 heavy (non-hydrogen) atoms. The number of anilines is 2. The number of likely N-dealkylation sites (N-methyl/N-ethyl adjacent to an activating group) is 2. The van der Waals surface area contributed by atoms with Gasteiger partial charge in [0.1, 0.15) is 35.7 Å². The van der Waals surface area contributed by atoms with Crippen LogP contribution in [0.3, 0.4) is 0 Å². The molecule has 14 rings (SSSR count). The van der Waals surface area contributed by atoms with E-state index in [2.05, 4.69) is 83.6 Å². The number of nitrogens with zero attached hydrogens (tertiary/aromatic N) is 14. The lowest BCUT2D eigenvalue weighted by Crippen LogP contribution is -2.49. The van der Waals surface area contributed by atoms with E-state index in [4.69, 9.17) is 21.7 Å². The molecule has 0 radical (unpaired) electrons. The molecule has 4 fully saturated rings. The average molecular weight is 1200 g/mol. The lowest BCUT2D eigenvalue weighted by molar-refractivity contribution is 0.0815. The number of nitrogens with one attached hydrogen (secondary N) is 2. The molecule has 8 heterocycles. The van der Waals surface area contributed by atoms with E-state index in [1.165, 1.54) is 12.7 Å². The summed E-state index contributed by atoms with van der Waals surface area (Å²) in [6.45, 7) is 9.18. The first-order valence-electron chi connectivity index (χ1n) is 31.6. The fraction of sp³-hybridized carbons (Fsp3) is 0.343. The van der Waals surface area contributed by atoms with Crippen LogP contribution in [0.15, 0.2) is 171 Å². The van der Waals surface area contributed by atoms with Crippen LogP contribution in [0, 0.1) is 0 Å². The largest absolute Gasteiger partial charge is 0.383 e. The van der Waals surface area contributed by atoms with E-state index < -0.39 is 0 Å². The summed E-state index contributed by atoms with van der Waals surface area (Å²) in [7, 11) is 4.42. The van der Waals surface area contributed by atoms with Gasteiger partial charge in [-0.05, 0) is 112 Å². The Balaban J connectivity index is 0.000000165. The van der Waals surface area contributed by atoms with Crippen LogP contribution in [-0.2, 0) is 0 Å². The molecule has 2 saturated carbocycles. The maximum Gasteiger partial charge on any atom is 0.253 e. The first kappa shape index (κ1) is 59.6. The fourth-order valence-corrected chi connectivity index (χ4v) is 13.7.